The molecule has 1 N–H and O–H groups in total. The molecule has 1 aromatic carbocycles. The van der Waals surface area contributed by atoms with E-state index < -0.39 is 0 Å². The molecular weight excluding hydrogens is 263 g/mol. The van der Waals surface area contributed by atoms with Crippen LogP contribution in [0.15, 0.2) is 28.7 Å². The smallest absolute Gasteiger partial charge is 0.126 e. The molecule has 0 fully saturated rings. The van der Waals surface area contributed by atoms with Crippen molar-refractivity contribution in [3.63, 3.8) is 0 Å². The Hall–Kier alpha value is -0.800. The van der Waals surface area contributed by atoms with Crippen LogP contribution in [-0.4, -0.2) is 12.0 Å². The van der Waals surface area contributed by atoms with Gasteiger partial charge in [-0.3, -0.25) is 0 Å². The van der Waals surface area contributed by atoms with Crippen LogP contribution >= 0.6 is 27.5 Å². The summed E-state index contributed by atoms with van der Waals surface area (Å²) in [5, 5.41) is 4.67. The predicted octanol–water partition coefficient (Wildman–Crippen LogP) is 3.69. The lowest BCUT2D eigenvalue weighted by Crippen LogP contribution is -1.92. The van der Waals surface area contributed by atoms with E-state index in [-0.39, 0.29) is 0 Å². The van der Waals surface area contributed by atoms with Gasteiger partial charge in [0.2, 0.25) is 0 Å². The first-order valence-electron chi connectivity index (χ1n) is 4.15. The molecule has 2 nitrogen and oxygen atoms in total. The Morgan fingerprint density at radius 1 is 1.29 bits per heavy atom. The maximum absolute atomic E-state index is 6.12. The SMILES string of the molecule is CNc1ccc2ccc(Br)c(Cl)c2n1. The van der Waals surface area contributed by atoms with Crippen LogP contribution in [0, 0.1) is 0 Å². The third-order valence-corrected chi connectivity index (χ3v) is 3.28. The van der Waals surface area contributed by atoms with E-state index in [0.29, 0.717) is 5.02 Å². The molecule has 0 saturated heterocycles. The van der Waals surface area contributed by atoms with Crippen molar-refractivity contribution in [1.82, 2.24) is 4.98 Å². The Morgan fingerprint density at radius 2 is 2.00 bits per heavy atom. The lowest BCUT2D eigenvalue weighted by Gasteiger charge is -2.04. The minimum Gasteiger partial charge on any atom is -0.373 e. The van der Waals surface area contributed by atoms with Gasteiger partial charge in [0.25, 0.3) is 0 Å². The fourth-order valence-electron chi connectivity index (χ4n) is 1.27. The van der Waals surface area contributed by atoms with Crippen LogP contribution < -0.4 is 5.32 Å². The lowest BCUT2D eigenvalue weighted by atomic mass is 10.2. The highest BCUT2D eigenvalue weighted by molar-refractivity contribution is 9.10. The summed E-state index contributed by atoms with van der Waals surface area (Å²) in [5.74, 6) is 0.817. The molecular formula is C10H8BrClN2. The number of halogens is 2. The first-order valence-corrected chi connectivity index (χ1v) is 5.32. The summed E-state index contributed by atoms with van der Waals surface area (Å²) in [5.41, 5.74) is 0.813. The average molecular weight is 272 g/mol. The Kier molecular flexibility index (Phi) is 2.61. The van der Waals surface area contributed by atoms with Gasteiger partial charge in [0, 0.05) is 16.9 Å². The number of pyridine rings is 1. The number of rotatable bonds is 1. The van der Waals surface area contributed by atoms with Crippen LogP contribution in [-0.2, 0) is 0 Å². The Balaban J connectivity index is 2.78. The number of nitrogens with one attached hydrogen (secondary N) is 1. The van der Waals surface area contributed by atoms with Gasteiger partial charge < -0.3 is 5.32 Å². The number of fused-ring (bicyclic) bond motifs is 1. The molecule has 0 spiro atoms. The summed E-state index contributed by atoms with van der Waals surface area (Å²) in [6.45, 7) is 0. The van der Waals surface area contributed by atoms with E-state index in [2.05, 4.69) is 26.2 Å². The van der Waals surface area contributed by atoms with Gasteiger partial charge in [-0.1, -0.05) is 17.7 Å². The van der Waals surface area contributed by atoms with E-state index in [4.69, 9.17) is 11.6 Å². The van der Waals surface area contributed by atoms with Gasteiger partial charge >= 0.3 is 0 Å². The summed E-state index contributed by atoms with van der Waals surface area (Å²) >= 11 is 9.49. The van der Waals surface area contributed by atoms with Gasteiger partial charge in [0.15, 0.2) is 0 Å². The van der Waals surface area contributed by atoms with Gasteiger partial charge in [-0.2, -0.15) is 0 Å². The third-order valence-electron chi connectivity index (χ3n) is 2.01. The maximum Gasteiger partial charge on any atom is 0.126 e. The molecule has 0 radical (unpaired) electrons. The van der Waals surface area contributed by atoms with Crippen molar-refractivity contribution in [1.29, 1.82) is 0 Å². The van der Waals surface area contributed by atoms with Crippen LogP contribution in [0.25, 0.3) is 10.9 Å². The van der Waals surface area contributed by atoms with Gasteiger partial charge in [0.05, 0.1) is 10.5 Å². The van der Waals surface area contributed by atoms with E-state index in [1.807, 2.05) is 31.3 Å². The van der Waals surface area contributed by atoms with Crippen LogP contribution in [0.3, 0.4) is 0 Å². The topological polar surface area (TPSA) is 24.9 Å². The zero-order valence-corrected chi connectivity index (χ0v) is 9.85. The second kappa shape index (κ2) is 3.75. The number of anilines is 1. The first-order chi connectivity index (χ1) is 6.72. The minimum atomic E-state index is 0.652. The standard InChI is InChI=1S/C10H8BrClN2/c1-13-8-5-3-6-2-4-7(11)9(12)10(6)14-8/h2-5H,1H3,(H,13,14). The van der Waals surface area contributed by atoms with Crippen molar-refractivity contribution in [2.45, 2.75) is 0 Å². The minimum absolute atomic E-state index is 0.652. The Labute approximate surface area is 95.4 Å². The summed E-state index contributed by atoms with van der Waals surface area (Å²) in [4.78, 5) is 4.38. The van der Waals surface area contributed by atoms with Crippen molar-refractivity contribution in [3.8, 4) is 0 Å². The van der Waals surface area contributed by atoms with E-state index in [1.165, 1.54) is 0 Å². The van der Waals surface area contributed by atoms with Crippen molar-refractivity contribution >= 4 is 44.3 Å². The maximum atomic E-state index is 6.12. The molecule has 0 atom stereocenters. The highest BCUT2D eigenvalue weighted by Crippen LogP contribution is 2.30. The highest BCUT2D eigenvalue weighted by atomic mass is 79.9. The molecule has 2 rings (SSSR count). The van der Waals surface area contributed by atoms with E-state index in [0.717, 1.165) is 21.2 Å². The summed E-state index contributed by atoms with van der Waals surface area (Å²) < 4.78 is 0.868. The monoisotopic (exact) mass is 270 g/mol. The molecule has 14 heavy (non-hydrogen) atoms. The molecule has 1 aromatic heterocycles. The fraction of sp³-hybridized carbons (Fsp3) is 0.100. The molecule has 0 amide bonds. The summed E-state index contributed by atoms with van der Waals surface area (Å²) in [7, 11) is 1.83. The van der Waals surface area contributed by atoms with Gasteiger partial charge in [0.1, 0.15) is 5.82 Å². The third kappa shape index (κ3) is 1.57. The number of aromatic nitrogens is 1. The quantitative estimate of drug-likeness (QED) is 0.855. The molecule has 0 aliphatic heterocycles. The Morgan fingerprint density at radius 3 is 2.71 bits per heavy atom. The zero-order chi connectivity index (χ0) is 10.1. The highest BCUT2D eigenvalue weighted by Gasteiger charge is 2.04. The van der Waals surface area contributed by atoms with Crippen molar-refractivity contribution < 1.29 is 0 Å². The zero-order valence-electron chi connectivity index (χ0n) is 7.51. The average Bonchev–Trinajstić information content (AvgIpc) is 2.23. The first kappa shape index (κ1) is 9.74. The molecule has 0 bridgehead atoms. The van der Waals surface area contributed by atoms with E-state index >= 15 is 0 Å². The second-order valence-corrected chi connectivity index (χ2v) is 4.11. The molecule has 72 valence electrons. The number of hydrogen-bond donors (Lipinski definition) is 1. The molecule has 0 saturated carbocycles. The van der Waals surface area contributed by atoms with Gasteiger partial charge in [-0.05, 0) is 34.1 Å². The second-order valence-electron chi connectivity index (χ2n) is 2.88. The number of benzene rings is 1. The van der Waals surface area contributed by atoms with Crippen LogP contribution in [0.4, 0.5) is 5.82 Å². The normalized spacial score (nSPS) is 10.5. The van der Waals surface area contributed by atoms with E-state index in [9.17, 15) is 0 Å². The summed E-state index contributed by atoms with van der Waals surface area (Å²) in [6.07, 6.45) is 0. The summed E-state index contributed by atoms with van der Waals surface area (Å²) in [6, 6.07) is 7.82. The van der Waals surface area contributed by atoms with Gasteiger partial charge in [-0.25, -0.2) is 4.98 Å². The van der Waals surface area contributed by atoms with Crippen molar-refractivity contribution in [2.75, 3.05) is 12.4 Å². The largest absolute Gasteiger partial charge is 0.373 e. The molecule has 4 heteroatoms. The number of nitrogens with zero attached hydrogens (tertiary/aromatic N) is 1. The van der Waals surface area contributed by atoms with Crippen LogP contribution in [0.5, 0.6) is 0 Å². The van der Waals surface area contributed by atoms with E-state index in [1.54, 1.807) is 0 Å². The van der Waals surface area contributed by atoms with Crippen molar-refractivity contribution in [3.05, 3.63) is 33.8 Å². The van der Waals surface area contributed by atoms with Crippen LogP contribution in [0.2, 0.25) is 5.02 Å². The molecule has 0 aliphatic carbocycles. The van der Waals surface area contributed by atoms with Crippen molar-refractivity contribution in [2.24, 2.45) is 0 Å². The van der Waals surface area contributed by atoms with Gasteiger partial charge in [-0.15, -0.1) is 0 Å². The van der Waals surface area contributed by atoms with Crippen LogP contribution in [0.1, 0.15) is 0 Å². The fourth-order valence-corrected chi connectivity index (χ4v) is 1.80. The number of hydrogen-bond acceptors (Lipinski definition) is 2. The molecule has 0 aliphatic rings. The molecule has 1 heterocycles. The Bertz CT molecular complexity index is 485. The lowest BCUT2D eigenvalue weighted by molar-refractivity contribution is 1.34. The molecule has 2 aromatic rings. The molecule has 0 unspecified atom stereocenters. The predicted molar refractivity (Wildman–Crippen MR) is 64.0 cm³/mol.